The molecule has 4 aromatic rings. The number of esters is 1. The Bertz CT molecular complexity index is 1160. The molecule has 1 aromatic heterocycles. The van der Waals surface area contributed by atoms with Gasteiger partial charge >= 0.3 is 5.97 Å². The average Bonchev–Trinajstić information content (AvgIpc) is 3.07. The largest absolute Gasteiger partial charge is 0.461 e. The minimum atomic E-state index is -0.325. The topological polar surface area (TPSA) is 55.0 Å². The molecule has 0 amide bonds. The molecule has 0 unspecified atom stereocenters. The number of hydrogen-bond acceptors (Lipinski definition) is 3. The van der Waals surface area contributed by atoms with E-state index in [4.69, 9.17) is 4.74 Å². The van der Waals surface area contributed by atoms with Crippen LogP contribution in [0.15, 0.2) is 84.9 Å². The molecule has 4 rings (SSSR count). The highest BCUT2D eigenvalue weighted by atomic mass is 16.5. The number of ether oxygens (including phenoxy) is 1. The molecule has 0 aliphatic heterocycles. The number of benzene rings is 3. The number of hydrogen-bond donors (Lipinski definition) is 0. The van der Waals surface area contributed by atoms with Crippen molar-refractivity contribution in [2.24, 2.45) is 0 Å². The first-order valence-electron chi connectivity index (χ1n) is 9.05. The zero-order chi connectivity index (χ0) is 19.3. The molecule has 4 heteroatoms. The highest BCUT2D eigenvalue weighted by Gasteiger charge is 2.20. The van der Waals surface area contributed by atoms with E-state index in [9.17, 15) is 10.1 Å². The van der Waals surface area contributed by atoms with Crippen LogP contribution in [0.25, 0.3) is 16.5 Å². The molecule has 0 saturated carbocycles. The van der Waals surface area contributed by atoms with Crippen LogP contribution >= 0.6 is 0 Å². The third-order valence-electron chi connectivity index (χ3n) is 4.66. The summed E-state index contributed by atoms with van der Waals surface area (Å²) in [6.07, 6.45) is 0.0872. The molecule has 0 fully saturated rings. The molecule has 0 spiro atoms. The summed E-state index contributed by atoms with van der Waals surface area (Å²) >= 11 is 0. The second-order valence-electron chi connectivity index (χ2n) is 6.45. The molecule has 136 valence electrons. The summed E-state index contributed by atoms with van der Waals surface area (Å²) in [6.45, 7) is 0.231. The van der Waals surface area contributed by atoms with Crippen LogP contribution in [0.3, 0.4) is 0 Å². The fourth-order valence-electron chi connectivity index (χ4n) is 3.39. The maximum atomic E-state index is 12.6. The molecular formula is C24H18N2O2. The molecule has 4 nitrogen and oxygen atoms in total. The van der Waals surface area contributed by atoms with Crippen molar-refractivity contribution in [3.8, 4) is 11.8 Å². The Morgan fingerprint density at radius 3 is 2.14 bits per heavy atom. The fraction of sp³-hybridized carbons (Fsp3) is 0.0833. The molecule has 3 aromatic carbocycles. The van der Waals surface area contributed by atoms with Crippen molar-refractivity contribution < 1.29 is 9.53 Å². The van der Waals surface area contributed by atoms with Crippen LogP contribution in [0.1, 0.15) is 17.0 Å². The van der Waals surface area contributed by atoms with Crippen LogP contribution in [-0.2, 0) is 22.6 Å². The normalized spacial score (nSPS) is 10.5. The number of aromatic nitrogens is 1. The molecule has 0 bridgehead atoms. The molecule has 0 aliphatic rings. The summed E-state index contributed by atoms with van der Waals surface area (Å²) in [7, 11) is 0. The third kappa shape index (κ3) is 3.38. The summed E-state index contributed by atoms with van der Waals surface area (Å²) in [5, 5.41) is 11.5. The Labute approximate surface area is 163 Å². The molecule has 1 heterocycles. The van der Waals surface area contributed by atoms with E-state index >= 15 is 0 Å². The van der Waals surface area contributed by atoms with Gasteiger partial charge in [0.1, 0.15) is 18.4 Å². The van der Waals surface area contributed by atoms with Gasteiger partial charge in [0.25, 0.3) is 0 Å². The minimum Gasteiger partial charge on any atom is -0.461 e. The number of rotatable bonds is 5. The van der Waals surface area contributed by atoms with Gasteiger partial charge in [0.05, 0.1) is 6.42 Å². The first-order valence-corrected chi connectivity index (χ1v) is 9.05. The van der Waals surface area contributed by atoms with Crippen molar-refractivity contribution in [2.45, 2.75) is 13.0 Å². The van der Waals surface area contributed by atoms with E-state index in [1.807, 2.05) is 89.5 Å². The lowest BCUT2D eigenvalue weighted by Gasteiger charge is -2.11. The first-order chi connectivity index (χ1) is 13.8. The molecule has 0 aliphatic carbocycles. The Hall–Kier alpha value is -3.84. The number of carbonyl (C=O) groups is 1. The van der Waals surface area contributed by atoms with Crippen molar-refractivity contribution in [1.29, 1.82) is 5.26 Å². The third-order valence-corrected chi connectivity index (χ3v) is 4.66. The average molecular weight is 366 g/mol. The number of para-hydroxylation sites is 1. The van der Waals surface area contributed by atoms with Crippen molar-refractivity contribution in [1.82, 2.24) is 4.57 Å². The Kier molecular flexibility index (Phi) is 4.90. The summed E-state index contributed by atoms with van der Waals surface area (Å²) < 4.78 is 7.34. The van der Waals surface area contributed by atoms with Gasteiger partial charge in [-0.1, -0.05) is 72.8 Å². The van der Waals surface area contributed by atoms with Crippen LogP contribution in [0.2, 0.25) is 0 Å². The first kappa shape index (κ1) is 17.6. The zero-order valence-corrected chi connectivity index (χ0v) is 15.2. The van der Waals surface area contributed by atoms with Gasteiger partial charge in [-0.05, 0) is 17.7 Å². The smallest absolute Gasteiger partial charge is 0.312 e. The van der Waals surface area contributed by atoms with Crippen molar-refractivity contribution in [2.75, 3.05) is 0 Å². The summed E-state index contributed by atoms with van der Waals surface area (Å²) in [5.41, 5.74) is 3.07. The lowest BCUT2D eigenvalue weighted by molar-refractivity contribution is -0.144. The summed E-state index contributed by atoms with van der Waals surface area (Å²) in [5.74, 6) is -0.325. The predicted octanol–water partition coefficient (Wildman–Crippen LogP) is 4.79. The summed E-state index contributed by atoms with van der Waals surface area (Å²) in [6, 6.07) is 29.2. The molecule has 0 N–H and O–H groups in total. The van der Waals surface area contributed by atoms with Gasteiger partial charge in [-0.3, -0.25) is 4.79 Å². The summed E-state index contributed by atoms with van der Waals surface area (Å²) in [4.78, 5) is 12.6. The van der Waals surface area contributed by atoms with Crippen molar-refractivity contribution in [3.63, 3.8) is 0 Å². The maximum Gasteiger partial charge on any atom is 0.312 e. The maximum absolute atomic E-state index is 12.6. The van der Waals surface area contributed by atoms with Gasteiger partial charge in [0, 0.05) is 22.2 Å². The van der Waals surface area contributed by atoms with Crippen LogP contribution in [0, 0.1) is 11.3 Å². The highest BCUT2D eigenvalue weighted by Crippen LogP contribution is 2.29. The van der Waals surface area contributed by atoms with Crippen LogP contribution < -0.4 is 0 Å². The SMILES string of the molecule is N#Cc1c2ccccc2c(CC(=O)OCc2ccccc2)n1-c1ccccc1. The highest BCUT2D eigenvalue weighted by molar-refractivity contribution is 5.94. The van der Waals surface area contributed by atoms with E-state index in [2.05, 4.69) is 6.07 Å². The minimum absolute atomic E-state index is 0.0872. The van der Waals surface area contributed by atoms with Gasteiger partial charge in [-0.2, -0.15) is 5.26 Å². The van der Waals surface area contributed by atoms with Crippen LogP contribution in [0.5, 0.6) is 0 Å². The van der Waals surface area contributed by atoms with Crippen molar-refractivity contribution >= 4 is 16.7 Å². The Morgan fingerprint density at radius 2 is 1.46 bits per heavy atom. The number of carbonyl (C=O) groups excluding carboxylic acids is 1. The van der Waals surface area contributed by atoms with E-state index in [0.717, 1.165) is 27.7 Å². The second-order valence-corrected chi connectivity index (χ2v) is 6.45. The zero-order valence-electron chi connectivity index (χ0n) is 15.2. The van der Waals surface area contributed by atoms with E-state index in [1.165, 1.54) is 0 Å². The molecular weight excluding hydrogens is 348 g/mol. The van der Waals surface area contributed by atoms with Crippen LogP contribution in [0.4, 0.5) is 0 Å². The monoisotopic (exact) mass is 366 g/mol. The molecule has 0 saturated heterocycles. The van der Waals surface area contributed by atoms with Gasteiger partial charge in [-0.25, -0.2) is 0 Å². The van der Waals surface area contributed by atoms with Crippen molar-refractivity contribution in [3.05, 3.63) is 102 Å². The van der Waals surface area contributed by atoms with E-state index < -0.39 is 0 Å². The Balaban J connectivity index is 1.71. The van der Waals surface area contributed by atoms with E-state index in [0.29, 0.717) is 5.69 Å². The number of fused-ring (bicyclic) bond motifs is 1. The quantitative estimate of drug-likeness (QED) is 0.477. The Morgan fingerprint density at radius 1 is 0.857 bits per heavy atom. The van der Waals surface area contributed by atoms with Gasteiger partial charge in [-0.15, -0.1) is 0 Å². The molecule has 0 radical (unpaired) electrons. The van der Waals surface area contributed by atoms with Gasteiger partial charge in [0.2, 0.25) is 0 Å². The van der Waals surface area contributed by atoms with Crippen LogP contribution in [-0.4, -0.2) is 10.5 Å². The molecule has 0 atom stereocenters. The van der Waals surface area contributed by atoms with E-state index in [-0.39, 0.29) is 19.0 Å². The molecule has 28 heavy (non-hydrogen) atoms. The lowest BCUT2D eigenvalue weighted by Crippen LogP contribution is -2.12. The fourth-order valence-corrected chi connectivity index (χ4v) is 3.39. The second kappa shape index (κ2) is 7.81. The number of nitriles is 1. The van der Waals surface area contributed by atoms with Gasteiger partial charge < -0.3 is 9.30 Å². The standard InChI is InChI=1S/C24H18N2O2/c25-16-23-21-14-8-7-13-20(21)22(26(23)19-11-5-2-6-12-19)15-24(27)28-17-18-9-3-1-4-10-18/h1-14H,15,17H2. The predicted molar refractivity (Wildman–Crippen MR) is 108 cm³/mol. The van der Waals surface area contributed by atoms with E-state index in [1.54, 1.807) is 0 Å². The lowest BCUT2D eigenvalue weighted by atomic mass is 10.1. The van der Waals surface area contributed by atoms with Gasteiger partial charge in [0.15, 0.2) is 0 Å². The number of nitrogens with zero attached hydrogens (tertiary/aromatic N) is 2.